The van der Waals surface area contributed by atoms with Crippen molar-refractivity contribution in [3.63, 3.8) is 0 Å². The fourth-order valence-corrected chi connectivity index (χ4v) is 2.74. The van der Waals surface area contributed by atoms with Crippen LogP contribution < -0.4 is 0 Å². The summed E-state index contributed by atoms with van der Waals surface area (Å²) in [7, 11) is 0. The maximum atomic E-state index is 11.7. The number of para-hydroxylation sites is 2. The quantitative estimate of drug-likeness (QED) is 0.316. The fraction of sp³-hybridized carbons (Fsp3) is 0.0556. The molecule has 0 fully saturated rings. The zero-order valence-corrected chi connectivity index (χ0v) is 13.8. The largest absolute Gasteiger partial charge is 0.507 e. The van der Waals surface area contributed by atoms with Crippen molar-refractivity contribution in [2.45, 2.75) is 0 Å². The average Bonchev–Trinajstić information content (AvgIpc) is 3.28. The number of hydrogen-bond acceptors (Lipinski definition) is 6. The Bertz CT molecular complexity index is 961. The van der Waals surface area contributed by atoms with Crippen LogP contribution in [0.1, 0.15) is 10.7 Å². The molecule has 0 unspecified atom stereocenters. The number of ether oxygens (including phenoxy) is 1. The predicted molar refractivity (Wildman–Crippen MR) is 95.6 cm³/mol. The molecular weight excluding hydrogens is 338 g/mol. The Morgan fingerprint density at radius 1 is 1.36 bits per heavy atom. The van der Waals surface area contributed by atoms with Crippen LogP contribution in [0.5, 0.6) is 0 Å². The molecule has 0 saturated carbocycles. The van der Waals surface area contributed by atoms with E-state index >= 15 is 0 Å². The highest BCUT2D eigenvalue weighted by Crippen LogP contribution is 2.18. The van der Waals surface area contributed by atoms with Gasteiger partial charge in [-0.05, 0) is 29.7 Å². The summed E-state index contributed by atoms with van der Waals surface area (Å²) in [6, 6.07) is 12.9. The number of aliphatic hydroxyl groups excluding tert-OH is 1. The van der Waals surface area contributed by atoms with Crippen molar-refractivity contribution in [2.24, 2.45) is 0 Å². The number of aromatic nitrogens is 2. The average molecular weight is 351 g/mol. The van der Waals surface area contributed by atoms with E-state index in [-0.39, 0.29) is 17.2 Å². The molecule has 0 aliphatic carbocycles. The molecule has 2 aromatic heterocycles. The molecule has 0 atom stereocenters. The Hall–Kier alpha value is -3.37. The Kier molecular flexibility index (Phi) is 4.92. The van der Waals surface area contributed by atoms with Crippen LogP contribution in [0.2, 0.25) is 0 Å². The molecule has 0 saturated heterocycles. The lowest BCUT2D eigenvalue weighted by Gasteiger charge is -2.03. The van der Waals surface area contributed by atoms with E-state index in [9.17, 15) is 15.2 Å². The zero-order chi connectivity index (χ0) is 17.6. The highest BCUT2D eigenvalue weighted by molar-refractivity contribution is 7.10. The van der Waals surface area contributed by atoms with Crippen LogP contribution in [0, 0.1) is 11.3 Å². The Balaban J connectivity index is 1.71. The van der Waals surface area contributed by atoms with Crippen LogP contribution >= 0.6 is 11.3 Å². The van der Waals surface area contributed by atoms with Gasteiger partial charge in [-0.25, -0.2) is 9.78 Å². The van der Waals surface area contributed by atoms with Crippen LogP contribution in [-0.4, -0.2) is 27.7 Å². The molecule has 0 radical (unpaired) electrons. The molecule has 0 aliphatic rings. The van der Waals surface area contributed by atoms with Gasteiger partial charge in [0.1, 0.15) is 18.2 Å². The Labute approximate surface area is 147 Å². The van der Waals surface area contributed by atoms with E-state index in [4.69, 9.17) is 4.74 Å². The highest BCUT2D eigenvalue weighted by atomic mass is 32.1. The van der Waals surface area contributed by atoms with Gasteiger partial charge < -0.3 is 14.8 Å². The van der Waals surface area contributed by atoms with E-state index in [1.165, 1.54) is 17.4 Å². The summed E-state index contributed by atoms with van der Waals surface area (Å²) in [6.45, 7) is -0.409. The van der Waals surface area contributed by atoms with Crippen LogP contribution in [0.3, 0.4) is 0 Å². The van der Waals surface area contributed by atoms with Gasteiger partial charge in [0.15, 0.2) is 11.6 Å². The third-order valence-corrected chi connectivity index (χ3v) is 4.14. The topological polar surface area (TPSA) is 99.0 Å². The maximum absolute atomic E-state index is 11.7. The number of carbonyl (C=O) groups is 1. The van der Waals surface area contributed by atoms with Crippen molar-refractivity contribution in [1.29, 1.82) is 5.26 Å². The lowest BCUT2D eigenvalue weighted by molar-refractivity contribution is -0.137. The lowest BCUT2D eigenvalue weighted by Crippen LogP contribution is -2.06. The SMILES string of the molecule is N#C/C(=C(/O)COC(=O)C=Cc1cccs1)c1nc2ccccc2[nH]1. The number of esters is 1. The number of benzene rings is 1. The summed E-state index contributed by atoms with van der Waals surface area (Å²) in [5.41, 5.74) is 1.36. The Morgan fingerprint density at radius 3 is 2.92 bits per heavy atom. The second-order valence-electron chi connectivity index (χ2n) is 4.99. The summed E-state index contributed by atoms with van der Waals surface area (Å²) in [5, 5.41) is 21.3. The molecule has 0 amide bonds. The smallest absolute Gasteiger partial charge is 0.331 e. The minimum Gasteiger partial charge on any atom is -0.507 e. The number of nitriles is 1. The molecule has 2 N–H and O–H groups in total. The molecule has 124 valence electrons. The standard InChI is InChI=1S/C18H13N3O3S/c19-10-13(18-20-14-5-1-2-6-15(14)21-18)16(22)11-24-17(23)8-7-12-4-3-9-25-12/h1-9,22H,11H2,(H,20,21)/b8-7?,16-13-. The van der Waals surface area contributed by atoms with Gasteiger partial charge in [0.2, 0.25) is 0 Å². The highest BCUT2D eigenvalue weighted by Gasteiger charge is 2.14. The minimum atomic E-state index is -0.609. The zero-order valence-electron chi connectivity index (χ0n) is 13.0. The summed E-state index contributed by atoms with van der Waals surface area (Å²) < 4.78 is 4.96. The van der Waals surface area contributed by atoms with Crippen molar-refractivity contribution in [2.75, 3.05) is 6.61 Å². The number of hydrogen-bond donors (Lipinski definition) is 2. The minimum absolute atomic E-state index is 0.0637. The van der Waals surface area contributed by atoms with Gasteiger partial charge in [-0.1, -0.05) is 18.2 Å². The summed E-state index contributed by atoms with van der Waals surface area (Å²) in [4.78, 5) is 19.8. The third-order valence-electron chi connectivity index (χ3n) is 3.30. The number of H-pyrrole nitrogens is 1. The van der Waals surface area contributed by atoms with Gasteiger partial charge in [-0.3, -0.25) is 0 Å². The number of carbonyl (C=O) groups excluding carboxylic acids is 1. The van der Waals surface area contributed by atoms with E-state index in [1.54, 1.807) is 12.1 Å². The van der Waals surface area contributed by atoms with E-state index in [2.05, 4.69) is 9.97 Å². The van der Waals surface area contributed by atoms with Crippen molar-refractivity contribution in [1.82, 2.24) is 9.97 Å². The van der Waals surface area contributed by atoms with Crippen LogP contribution in [0.25, 0.3) is 22.7 Å². The van der Waals surface area contributed by atoms with Gasteiger partial charge in [-0.15, -0.1) is 11.3 Å². The molecule has 0 aliphatic heterocycles. The van der Waals surface area contributed by atoms with E-state index in [1.807, 2.05) is 41.8 Å². The molecule has 3 aromatic rings. The second-order valence-corrected chi connectivity index (χ2v) is 5.97. The number of aromatic amines is 1. The second kappa shape index (κ2) is 7.47. The van der Waals surface area contributed by atoms with Gasteiger partial charge in [-0.2, -0.15) is 5.26 Å². The number of fused-ring (bicyclic) bond motifs is 1. The molecule has 6 nitrogen and oxygen atoms in total. The van der Waals surface area contributed by atoms with Crippen LogP contribution in [0.15, 0.2) is 53.6 Å². The Morgan fingerprint density at radius 2 is 2.20 bits per heavy atom. The number of imidazole rings is 1. The molecule has 0 spiro atoms. The molecule has 7 heteroatoms. The van der Waals surface area contributed by atoms with Crippen molar-refractivity contribution in [3.05, 3.63) is 64.3 Å². The summed E-state index contributed by atoms with van der Waals surface area (Å²) >= 11 is 1.49. The van der Waals surface area contributed by atoms with Gasteiger partial charge >= 0.3 is 5.97 Å². The van der Waals surface area contributed by atoms with Crippen molar-refractivity contribution in [3.8, 4) is 6.07 Å². The molecule has 1 aromatic carbocycles. The van der Waals surface area contributed by atoms with E-state index in [0.29, 0.717) is 5.52 Å². The van der Waals surface area contributed by atoms with Crippen LogP contribution in [-0.2, 0) is 9.53 Å². The normalized spacial score (nSPS) is 12.1. The molecule has 25 heavy (non-hydrogen) atoms. The third kappa shape index (κ3) is 3.94. The van der Waals surface area contributed by atoms with Gasteiger partial charge in [0.25, 0.3) is 0 Å². The van der Waals surface area contributed by atoms with Crippen molar-refractivity contribution >= 4 is 40.0 Å². The number of aliphatic hydroxyl groups is 1. The molecule has 2 heterocycles. The lowest BCUT2D eigenvalue weighted by atomic mass is 10.2. The van der Waals surface area contributed by atoms with E-state index < -0.39 is 12.6 Å². The first-order valence-electron chi connectivity index (χ1n) is 7.33. The number of nitrogens with zero attached hydrogens (tertiary/aromatic N) is 2. The summed E-state index contributed by atoms with van der Waals surface area (Å²) in [6.07, 6.45) is 2.89. The first-order chi connectivity index (χ1) is 12.2. The number of rotatable bonds is 5. The molecular formula is C18H13N3O3S. The monoisotopic (exact) mass is 351 g/mol. The van der Waals surface area contributed by atoms with E-state index in [0.717, 1.165) is 10.4 Å². The number of nitrogens with one attached hydrogen (secondary N) is 1. The first-order valence-corrected chi connectivity index (χ1v) is 8.21. The first kappa shape index (κ1) is 16.5. The van der Waals surface area contributed by atoms with Crippen LogP contribution in [0.4, 0.5) is 0 Å². The fourth-order valence-electron chi connectivity index (χ4n) is 2.12. The summed E-state index contributed by atoms with van der Waals surface area (Å²) in [5.74, 6) is -0.743. The number of thiophene rings is 1. The van der Waals surface area contributed by atoms with Gasteiger partial charge in [0.05, 0.1) is 11.0 Å². The number of allylic oxidation sites excluding steroid dienone is 1. The van der Waals surface area contributed by atoms with Gasteiger partial charge in [0, 0.05) is 11.0 Å². The maximum Gasteiger partial charge on any atom is 0.331 e. The molecule has 0 bridgehead atoms. The molecule has 3 rings (SSSR count). The predicted octanol–water partition coefficient (Wildman–Crippen LogP) is 3.67. The van der Waals surface area contributed by atoms with Crippen molar-refractivity contribution < 1.29 is 14.6 Å².